The van der Waals surface area contributed by atoms with Crippen molar-refractivity contribution in [1.82, 2.24) is 4.72 Å². The van der Waals surface area contributed by atoms with Gasteiger partial charge in [0.15, 0.2) is 0 Å². The lowest BCUT2D eigenvalue weighted by molar-refractivity contribution is 0.330. The zero-order valence-electron chi connectivity index (χ0n) is 11.7. The van der Waals surface area contributed by atoms with Crippen molar-refractivity contribution in [2.24, 2.45) is 0 Å². The molecule has 1 N–H and O–H groups in total. The van der Waals surface area contributed by atoms with Gasteiger partial charge >= 0.3 is 0 Å². The molecule has 0 amide bonds. The van der Waals surface area contributed by atoms with Crippen molar-refractivity contribution >= 4 is 10.0 Å². The van der Waals surface area contributed by atoms with Gasteiger partial charge in [0, 0.05) is 18.0 Å². The van der Waals surface area contributed by atoms with Crippen LogP contribution in [-0.4, -0.2) is 21.6 Å². The highest BCUT2D eigenvalue weighted by molar-refractivity contribution is 7.89. The fourth-order valence-corrected chi connectivity index (χ4v) is 3.66. The summed E-state index contributed by atoms with van der Waals surface area (Å²) in [7, 11) is -3.48. The molecule has 0 bridgehead atoms. The minimum absolute atomic E-state index is 0.0563. The number of aryl methyl sites for hydroxylation is 1. The molecule has 3 rings (SSSR count). The number of ether oxygens (including phenoxy) is 1. The number of hydrogen-bond acceptors (Lipinski definition) is 3. The van der Waals surface area contributed by atoms with Gasteiger partial charge in [-0.05, 0) is 30.7 Å². The SMILES string of the molecule is Cc1cccc(S(=O)(=O)NCC2COc3ccccc32)c1. The van der Waals surface area contributed by atoms with Gasteiger partial charge in [0.25, 0.3) is 0 Å². The van der Waals surface area contributed by atoms with Crippen LogP contribution < -0.4 is 9.46 Å². The number of hydrogen-bond donors (Lipinski definition) is 1. The van der Waals surface area contributed by atoms with Crippen LogP contribution in [0.2, 0.25) is 0 Å². The first kappa shape index (κ1) is 14.1. The Bertz CT molecular complexity index is 756. The summed E-state index contributed by atoms with van der Waals surface area (Å²) in [5, 5.41) is 0. The third-order valence-corrected chi connectivity index (χ3v) is 5.04. The van der Waals surface area contributed by atoms with Gasteiger partial charge in [0.2, 0.25) is 10.0 Å². The summed E-state index contributed by atoms with van der Waals surface area (Å²) in [6.45, 7) is 2.73. The molecule has 4 nitrogen and oxygen atoms in total. The molecule has 0 aromatic heterocycles. The zero-order valence-corrected chi connectivity index (χ0v) is 12.6. The summed E-state index contributed by atoms with van der Waals surface area (Å²) in [6, 6.07) is 14.6. The smallest absolute Gasteiger partial charge is 0.240 e. The Hall–Kier alpha value is -1.85. The Morgan fingerprint density at radius 3 is 2.81 bits per heavy atom. The van der Waals surface area contributed by atoms with Crippen LogP contribution in [0, 0.1) is 6.92 Å². The van der Waals surface area contributed by atoms with E-state index in [2.05, 4.69) is 4.72 Å². The largest absolute Gasteiger partial charge is 0.493 e. The van der Waals surface area contributed by atoms with E-state index in [0.717, 1.165) is 16.9 Å². The van der Waals surface area contributed by atoms with Gasteiger partial charge in [0.1, 0.15) is 5.75 Å². The molecule has 110 valence electrons. The van der Waals surface area contributed by atoms with E-state index >= 15 is 0 Å². The summed E-state index contributed by atoms with van der Waals surface area (Å²) < 4.78 is 32.8. The van der Waals surface area contributed by atoms with E-state index in [1.54, 1.807) is 18.2 Å². The average Bonchev–Trinajstić information content (AvgIpc) is 2.88. The molecule has 1 heterocycles. The van der Waals surface area contributed by atoms with E-state index in [0.29, 0.717) is 18.0 Å². The first-order valence-corrected chi connectivity index (χ1v) is 8.32. The monoisotopic (exact) mass is 303 g/mol. The molecule has 1 aliphatic rings. The molecule has 21 heavy (non-hydrogen) atoms. The van der Waals surface area contributed by atoms with Crippen LogP contribution in [0.4, 0.5) is 0 Å². The second kappa shape index (κ2) is 5.50. The van der Waals surface area contributed by atoms with E-state index in [-0.39, 0.29) is 5.92 Å². The lowest BCUT2D eigenvalue weighted by atomic mass is 10.0. The van der Waals surface area contributed by atoms with Gasteiger partial charge in [-0.1, -0.05) is 30.3 Å². The maximum Gasteiger partial charge on any atom is 0.240 e. The highest BCUT2D eigenvalue weighted by atomic mass is 32.2. The number of rotatable bonds is 4. The molecule has 1 atom stereocenters. The second-order valence-electron chi connectivity index (χ2n) is 5.21. The predicted octanol–water partition coefficient (Wildman–Crippen LogP) is 2.45. The Balaban J connectivity index is 1.74. The molecule has 0 radical (unpaired) electrons. The molecular formula is C16H17NO3S. The van der Waals surface area contributed by atoms with Crippen molar-refractivity contribution in [1.29, 1.82) is 0 Å². The van der Waals surface area contributed by atoms with Crippen LogP contribution in [0.3, 0.4) is 0 Å². The lowest BCUT2D eigenvalue weighted by Crippen LogP contribution is -2.29. The summed E-state index contributed by atoms with van der Waals surface area (Å²) in [6.07, 6.45) is 0. The van der Waals surface area contributed by atoms with Crippen LogP contribution in [-0.2, 0) is 10.0 Å². The summed E-state index contributed by atoms with van der Waals surface area (Å²) in [5.74, 6) is 0.901. The number of para-hydroxylation sites is 1. The first-order chi connectivity index (χ1) is 10.1. The predicted molar refractivity (Wildman–Crippen MR) is 81.0 cm³/mol. The molecule has 2 aromatic carbocycles. The Morgan fingerprint density at radius 1 is 1.19 bits per heavy atom. The van der Waals surface area contributed by atoms with E-state index in [1.807, 2.05) is 37.3 Å². The van der Waals surface area contributed by atoms with Gasteiger partial charge in [0.05, 0.1) is 11.5 Å². The van der Waals surface area contributed by atoms with Crippen molar-refractivity contribution in [3.63, 3.8) is 0 Å². The van der Waals surface area contributed by atoms with Gasteiger partial charge in [-0.2, -0.15) is 0 Å². The third-order valence-electron chi connectivity index (χ3n) is 3.62. The summed E-state index contributed by atoms with van der Waals surface area (Å²) in [4.78, 5) is 0.301. The fourth-order valence-electron chi connectivity index (χ4n) is 2.47. The number of fused-ring (bicyclic) bond motifs is 1. The molecule has 0 aliphatic carbocycles. The molecule has 5 heteroatoms. The number of nitrogens with one attached hydrogen (secondary N) is 1. The van der Waals surface area contributed by atoms with Gasteiger partial charge in [-0.15, -0.1) is 0 Å². The molecule has 0 saturated heterocycles. The van der Waals surface area contributed by atoms with Crippen molar-refractivity contribution in [3.8, 4) is 5.75 Å². The highest BCUT2D eigenvalue weighted by Gasteiger charge is 2.25. The second-order valence-corrected chi connectivity index (χ2v) is 6.98. The Labute approximate surface area is 124 Å². The standard InChI is InChI=1S/C16H17NO3S/c1-12-5-4-6-14(9-12)21(18,19)17-10-13-11-20-16-8-3-2-7-15(13)16/h2-9,13,17H,10-11H2,1H3. The van der Waals surface area contributed by atoms with E-state index in [1.165, 1.54) is 0 Å². The average molecular weight is 303 g/mol. The van der Waals surface area contributed by atoms with Crippen LogP contribution in [0.15, 0.2) is 53.4 Å². The van der Waals surface area contributed by atoms with Crippen molar-refractivity contribution < 1.29 is 13.2 Å². The minimum atomic E-state index is -3.48. The molecule has 2 aromatic rings. The van der Waals surface area contributed by atoms with Gasteiger partial charge in [-0.25, -0.2) is 13.1 Å². The maximum absolute atomic E-state index is 12.3. The van der Waals surface area contributed by atoms with E-state index in [4.69, 9.17) is 4.74 Å². The topological polar surface area (TPSA) is 55.4 Å². The molecule has 0 spiro atoms. The van der Waals surface area contributed by atoms with Crippen LogP contribution in [0.5, 0.6) is 5.75 Å². The minimum Gasteiger partial charge on any atom is -0.493 e. The van der Waals surface area contributed by atoms with E-state index in [9.17, 15) is 8.42 Å². The summed E-state index contributed by atoms with van der Waals surface area (Å²) >= 11 is 0. The van der Waals surface area contributed by atoms with E-state index < -0.39 is 10.0 Å². The first-order valence-electron chi connectivity index (χ1n) is 6.84. The molecule has 0 saturated carbocycles. The normalized spacial score (nSPS) is 17.3. The third kappa shape index (κ3) is 2.94. The molecule has 1 unspecified atom stereocenters. The van der Waals surface area contributed by atoms with Gasteiger partial charge in [-0.3, -0.25) is 0 Å². The zero-order chi connectivity index (χ0) is 14.9. The van der Waals surface area contributed by atoms with Crippen molar-refractivity contribution in [3.05, 3.63) is 59.7 Å². The highest BCUT2D eigenvalue weighted by Crippen LogP contribution is 2.33. The van der Waals surface area contributed by atoms with Crippen LogP contribution in [0.25, 0.3) is 0 Å². The molecule has 1 aliphatic heterocycles. The molecular weight excluding hydrogens is 286 g/mol. The lowest BCUT2D eigenvalue weighted by Gasteiger charge is -2.11. The van der Waals surface area contributed by atoms with Crippen LogP contribution in [0.1, 0.15) is 17.0 Å². The quantitative estimate of drug-likeness (QED) is 0.944. The maximum atomic E-state index is 12.3. The number of benzene rings is 2. The Morgan fingerprint density at radius 2 is 2.00 bits per heavy atom. The van der Waals surface area contributed by atoms with Crippen molar-refractivity contribution in [2.75, 3.05) is 13.2 Å². The number of sulfonamides is 1. The van der Waals surface area contributed by atoms with Crippen molar-refractivity contribution in [2.45, 2.75) is 17.7 Å². The Kier molecular flexibility index (Phi) is 3.69. The summed E-state index contributed by atoms with van der Waals surface area (Å²) in [5.41, 5.74) is 1.98. The fraction of sp³-hybridized carbons (Fsp3) is 0.250. The molecule has 0 fully saturated rings. The van der Waals surface area contributed by atoms with Crippen LogP contribution >= 0.6 is 0 Å². The van der Waals surface area contributed by atoms with Gasteiger partial charge < -0.3 is 4.74 Å².